The van der Waals surface area contributed by atoms with Gasteiger partial charge in [0.1, 0.15) is 5.82 Å². The molecule has 2 fully saturated rings. The van der Waals surface area contributed by atoms with Crippen molar-refractivity contribution in [2.75, 3.05) is 13.1 Å². The minimum Gasteiger partial charge on any atom is -0.465 e. The number of hydrogen-bond donors (Lipinski definition) is 2. The Hall–Kier alpha value is -4.14. The van der Waals surface area contributed by atoms with Crippen molar-refractivity contribution >= 4 is 22.9 Å². The maximum Gasteiger partial charge on any atom is 0.407 e. The van der Waals surface area contributed by atoms with Crippen molar-refractivity contribution in [3.63, 3.8) is 0 Å². The molecule has 1 saturated heterocycles. The fourth-order valence-electron chi connectivity index (χ4n) is 6.02. The Bertz CT molecular complexity index is 1460. The van der Waals surface area contributed by atoms with Gasteiger partial charge in [-0.1, -0.05) is 24.3 Å². The molecule has 3 atom stereocenters. The Labute approximate surface area is 208 Å². The van der Waals surface area contributed by atoms with Gasteiger partial charge in [-0.2, -0.15) is 0 Å². The number of aryl methyl sites for hydroxylation is 1. The van der Waals surface area contributed by atoms with E-state index in [1.54, 1.807) is 16.5 Å². The monoisotopic (exact) mass is 484 g/mol. The van der Waals surface area contributed by atoms with E-state index in [9.17, 15) is 14.7 Å². The first-order chi connectivity index (χ1) is 17.4. The van der Waals surface area contributed by atoms with E-state index in [-0.39, 0.29) is 5.82 Å². The second kappa shape index (κ2) is 8.51. The molecule has 0 radical (unpaired) electrons. The molecule has 2 aromatic heterocycles. The smallest absolute Gasteiger partial charge is 0.407 e. The van der Waals surface area contributed by atoms with E-state index in [2.05, 4.69) is 57.2 Å². The van der Waals surface area contributed by atoms with E-state index in [0.29, 0.717) is 36.7 Å². The number of nitrogens with two attached hydrogens (primary N) is 1. The molecule has 4 aromatic rings. The first-order valence-corrected chi connectivity index (χ1v) is 12.2. The minimum atomic E-state index is -0.787. The van der Waals surface area contributed by atoms with Crippen molar-refractivity contribution in [2.45, 2.75) is 32.2 Å². The highest BCUT2D eigenvalue weighted by atomic mass is 16.4. The molecular weight excluding hydrogens is 456 g/mol. The third-order valence-electron chi connectivity index (χ3n) is 7.81. The van der Waals surface area contributed by atoms with Gasteiger partial charge in [-0.15, -0.1) is 5.10 Å². The zero-order valence-corrected chi connectivity index (χ0v) is 20.0. The summed E-state index contributed by atoms with van der Waals surface area (Å²) in [6, 6.07) is 17.0. The van der Waals surface area contributed by atoms with Gasteiger partial charge in [0.05, 0.1) is 5.69 Å². The molecule has 2 aliphatic rings. The number of aromatic nitrogens is 4. The van der Waals surface area contributed by atoms with Gasteiger partial charge >= 0.3 is 6.09 Å². The lowest BCUT2D eigenvalue weighted by Gasteiger charge is -2.17. The second-order valence-corrected chi connectivity index (χ2v) is 10.1. The van der Waals surface area contributed by atoms with Crippen LogP contribution in [-0.2, 0) is 6.54 Å². The van der Waals surface area contributed by atoms with Crippen molar-refractivity contribution in [1.29, 1.82) is 0 Å². The summed E-state index contributed by atoms with van der Waals surface area (Å²) in [6.45, 7) is 3.92. The Balaban J connectivity index is 1.15. The predicted molar refractivity (Wildman–Crippen MR) is 134 cm³/mol. The topological polar surface area (TPSA) is 119 Å². The maximum absolute atomic E-state index is 11.4. The van der Waals surface area contributed by atoms with Gasteiger partial charge < -0.3 is 20.3 Å². The molecule has 0 bridgehead atoms. The molecule has 36 heavy (non-hydrogen) atoms. The number of hydrogen-bond acceptors (Lipinski definition) is 4. The van der Waals surface area contributed by atoms with Crippen LogP contribution in [0, 0.1) is 18.8 Å². The third-order valence-corrected chi connectivity index (χ3v) is 7.81. The molecule has 9 nitrogen and oxygen atoms in total. The fraction of sp³-hybridized carbons (Fsp3) is 0.333. The van der Waals surface area contributed by atoms with Crippen molar-refractivity contribution < 1.29 is 14.7 Å². The van der Waals surface area contributed by atoms with Gasteiger partial charge in [0, 0.05) is 36.7 Å². The second-order valence-electron chi connectivity index (χ2n) is 10.1. The van der Waals surface area contributed by atoms with Gasteiger partial charge in [-0.05, 0) is 72.9 Å². The van der Waals surface area contributed by atoms with Gasteiger partial charge in [-0.3, -0.25) is 4.79 Å². The average molecular weight is 485 g/mol. The lowest BCUT2D eigenvalue weighted by atomic mass is 9.95. The summed E-state index contributed by atoms with van der Waals surface area (Å²) >= 11 is 0. The van der Waals surface area contributed by atoms with Gasteiger partial charge in [0.2, 0.25) is 5.82 Å². The molecule has 6 rings (SSSR count). The molecule has 3 N–H and O–H groups in total. The number of fused-ring (bicyclic) bond motifs is 2. The first-order valence-electron chi connectivity index (χ1n) is 12.2. The van der Waals surface area contributed by atoms with E-state index < -0.39 is 12.0 Å². The Morgan fingerprint density at radius 3 is 2.42 bits per heavy atom. The molecular formula is C27H28N6O3. The van der Waals surface area contributed by atoms with Crippen LogP contribution in [0.1, 0.15) is 46.3 Å². The number of carbonyl (C=O) groups excluding carboxylic acids is 1. The standard InChI is InChI=1S/C27H28N6O3/c1-16-29-26(25(28)34)30-33(16)23-6-7-24-19(12-23)8-9-31(24)13-17-2-4-18(5-3-17)20-10-21-14-32(27(35)36)15-22(21)11-20/h2-9,12,20-22H,10-11,13-15H2,1H3,(H2,28,34)(H,35,36)/t20-,21-,22+. The van der Waals surface area contributed by atoms with Crippen molar-refractivity contribution in [2.24, 2.45) is 17.6 Å². The normalized spacial score (nSPS) is 21.2. The molecule has 184 valence electrons. The Morgan fingerprint density at radius 1 is 1.06 bits per heavy atom. The molecule has 9 heteroatoms. The highest BCUT2D eigenvalue weighted by molar-refractivity contribution is 5.88. The summed E-state index contributed by atoms with van der Waals surface area (Å²) < 4.78 is 3.85. The van der Waals surface area contributed by atoms with E-state index in [1.807, 2.05) is 12.1 Å². The number of carboxylic acid groups (broad SMARTS) is 1. The van der Waals surface area contributed by atoms with Crippen LogP contribution in [0.3, 0.4) is 0 Å². The molecule has 2 amide bonds. The average Bonchev–Trinajstić information content (AvgIpc) is 3.62. The number of likely N-dealkylation sites (tertiary alicyclic amines) is 1. The van der Waals surface area contributed by atoms with Crippen LogP contribution in [0.5, 0.6) is 0 Å². The van der Waals surface area contributed by atoms with Crippen LogP contribution in [0.15, 0.2) is 54.7 Å². The highest BCUT2D eigenvalue weighted by Crippen LogP contribution is 2.46. The maximum atomic E-state index is 11.4. The van der Waals surface area contributed by atoms with Crippen molar-refractivity contribution in [1.82, 2.24) is 24.2 Å². The molecule has 1 saturated carbocycles. The van der Waals surface area contributed by atoms with Crippen LogP contribution in [0.25, 0.3) is 16.6 Å². The Kier molecular flexibility index (Phi) is 5.28. The summed E-state index contributed by atoms with van der Waals surface area (Å²) in [6.07, 6.45) is 3.44. The zero-order chi connectivity index (χ0) is 25.0. The van der Waals surface area contributed by atoms with Gasteiger partial charge in [-0.25, -0.2) is 14.5 Å². The van der Waals surface area contributed by atoms with E-state index in [1.165, 1.54) is 11.1 Å². The van der Waals surface area contributed by atoms with Crippen LogP contribution in [0.2, 0.25) is 0 Å². The number of primary amides is 1. The van der Waals surface area contributed by atoms with Crippen molar-refractivity contribution in [3.8, 4) is 5.69 Å². The summed E-state index contributed by atoms with van der Waals surface area (Å²) in [7, 11) is 0. The number of rotatable bonds is 5. The predicted octanol–water partition coefficient (Wildman–Crippen LogP) is 3.78. The highest BCUT2D eigenvalue weighted by Gasteiger charge is 2.42. The third kappa shape index (κ3) is 3.90. The lowest BCUT2D eigenvalue weighted by Crippen LogP contribution is -2.27. The number of carbonyl (C=O) groups is 2. The number of amides is 2. The summed E-state index contributed by atoms with van der Waals surface area (Å²) in [5, 5.41) is 14.6. The van der Waals surface area contributed by atoms with Gasteiger partial charge in [0.15, 0.2) is 0 Å². The molecule has 1 aliphatic heterocycles. The summed E-state index contributed by atoms with van der Waals surface area (Å²) in [4.78, 5) is 28.4. The van der Waals surface area contributed by atoms with E-state index in [4.69, 9.17) is 5.73 Å². The molecule has 3 heterocycles. The molecule has 2 aromatic carbocycles. The van der Waals surface area contributed by atoms with E-state index >= 15 is 0 Å². The first kappa shape index (κ1) is 22.3. The molecule has 0 unspecified atom stereocenters. The SMILES string of the molecule is Cc1nc(C(N)=O)nn1-c1ccc2c(ccn2Cc2ccc([C@@H]3C[C@@H]4CN(C(=O)O)C[C@@H]4C3)cc2)c1. The quantitative estimate of drug-likeness (QED) is 0.447. The van der Waals surface area contributed by atoms with Gasteiger partial charge in [0.25, 0.3) is 5.91 Å². The zero-order valence-electron chi connectivity index (χ0n) is 20.0. The van der Waals surface area contributed by atoms with Crippen LogP contribution in [0.4, 0.5) is 4.79 Å². The van der Waals surface area contributed by atoms with E-state index in [0.717, 1.165) is 36.0 Å². The number of benzene rings is 2. The largest absolute Gasteiger partial charge is 0.465 e. The number of nitrogens with zero attached hydrogens (tertiary/aromatic N) is 5. The molecule has 0 spiro atoms. The van der Waals surface area contributed by atoms with Crippen LogP contribution in [-0.4, -0.2) is 54.4 Å². The summed E-state index contributed by atoms with van der Waals surface area (Å²) in [5.74, 6) is 1.47. The molecule has 1 aliphatic carbocycles. The summed E-state index contributed by atoms with van der Waals surface area (Å²) in [5.41, 5.74) is 9.85. The Morgan fingerprint density at radius 2 is 1.78 bits per heavy atom. The lowest BCUT2D eigenvalue weighted by molar-refractivity contribution is 0.0990. The fourth-order valence-corrected chi connectivity index (χ4v) is 6.02. The minimum absolute atomic E-state index is 0.0108. The van der Waals surface area contributed by atoms with Crippen LogP contribution >= 0.6 is 0 Å². The van der Waals surface area contributed by atoms with Crippen molar-refractivity contribution in [3.05, 3.63) is 77.5 Å². The van der Waals surface area contributed by atoms with Crippen LogP contribution < -0.4 is 5.73 Å².